The van der Waals surface area contributed by atoms with Crippen LogP contribution >= 0.6 is 0 Å². The van der Waals surface area contributed by atoms with E-state index in [2.05, 4.69) is 20.7 Å². The molecular formula is C18H19N4O4S-. The molecule has 9 heteroatoms. The number of rotatable bonds is 5. The quantitative estimate of drug-likeness (QED) is 0.779. The second-order valence-corrected chi connectivity index (χ2v) is 7.46. The molecule has 2 aromatic rings. The summed E-state index contributed by atoms with van der Waals surface area (Å²) in [5, 5.41) is 10.5. The van der Waals surface area contributed by atoms with Gasteiger partial charge >= 0.3 is 0 Å². The normalized spacial score (nSPS) is 17.9. The highest BCUT2D eigenvalue weighted by Crippen LogP contribution is 2.40. The van der Waals surface area contributed by atoms with Crippen LogP contribution in [0.1, 0.15) is 24.8 Å². The minimum Gasteiger partial charge on any atom is -0.760 e. The number of hydrogen-bond acceptors (Lipinski definition) is 7. The van der Waals surface area contributed by atoms with E-state index in [-0.39, 0.29) is 6.79 Å². The molecule has 0 aliphatic carbocycles. The van der Waals surface area contributed by atoms with Crippen molar-refractivity contribution in [3.63, 3.8) is 0 Å². The van der Waals surface area contributed by atoms with Crippen LogP contribution in [-0.2, 0) is 11.3 Å². The number of aromatic nitrogens is 1. The average Bonchev–Trinajstić information content (AvgIpc) is 3.13. The minimum absolute atomic E-state index is 0.194. The molecule has 1 saturated heterocycles. The lowest BCUT2D eigenvalue weighted by molar-refractivity contribution is 0.174. The van der Waals surface area contributed by atoms with Crippen molar-refractivity contribution < 1.29 is 18.2 Å². The number of nitrogens with one attached hydrogen (secondary N) is 1. The average molecular weight is 387 g/mol. The van der Waals surface area contributed by atoms with Gasteiger partial charge in [0.05, 0.1) is 16.8 Å². The number of piperidine rings is 1. The van der Waals surface area contributed by atoms with E-state index in [9.17, 15) is 14.0 Å². The SMILES string of the molecule is N#Cc1cnc2cc3c(cc2c1N1CCC(CCNS(=O)[O-])CC1)OCO3. The van der Waals surface area contributed by atoms with Gasteiger partial charge in [-0.25, -0.2) is 4.72 Å². The Balaban J connectivity index is 1.57. The fourth-order valence-electron chi connectivity index (χ4n) is 3.78. The van der Waals surface area contributed by atoms with Crippen molar-refractivity contribution in [1.82, 2.24) is 9.71 Å². The first-order valence-electron chi connectivity index (χ1n) is 8.86. The number of benzene rings is 1. The number of nitrogens with zero attached hydrogens (tertiary/aromatic N) is 3. The topological polar surface area (TPSA) is 111 Å². The fourth-order valence-corrected chi connectivity index (χ4v) is 4.07. The summed E-state index contributed by atoms with van der Waals surface area (Å²) < 4.78 is 34.5. The number of anilines is 1. The van der Waals surface area contributed by atoms with Gasteiger partial charge < -0.3 is 18.9 Å². The van der Waals surface area contributed by atoms with Crippen LogP contribution in [0.15, 0.2) is 18.3 Å². The van der Waals surface area contributed by atoms with Gasteiger partial charge in [0.15, 0.2) is 11.5 Å². The van der Waals surface area contributed by atoms with Crippen molar-refractivity contribution >= 4 is 27.9 Å². The molecule has 4 rings (SSSR count). The van der Waals surface area contributed by atoms with Crippen molar-refractivity contribution in [2.75, 3.05) is 31.3 Å². The molecule has 0 amide bonds. The Hall–Kier alpha value is -2.41. The van der Waals surface area contributed by atoms with Crippen molar-refractivity contribution in [2.24, 2.45) is 5.92 Å². The summed E-state index contributed by atoms with van der Waals surface area (Å²) in [5.74, 6) is 1.82. The van der Waals surface area contributed by atoms with Gasteiger partial charge in [0, 0.05) is 48.6 Å². The van der Waals surface area contributed by atoms with Crippen LogP contribution in [0.25, 0.3) is 10.9 Å². The number of nitriles is 1. The number of ether oxygens (including phenoxy) is 2. The molecule has 142 valence electrons. The lowest BCUT2D eigenvalue weighted by atomic mass is 9.92. The van der Waals surface area contributed by atoms with Crippen LogP contribution in [0, 0.1) is 17.2 Å². The summed E-state index contributed by atoms with van der Waals surface area (Å²) in [6.07, 6.45) is 4.33. The molecule has 0 saturated carbocycles. The van der Waals surface area contributed by atoms with E-state index >= 15 is 0 Å². The molecule has 0 bridgehead atoms. The van der Waals surface area contributed by atoms with Crippen LogP contribution in [0.3, 0.4) is 0 Å². The van der Waals surface area contributed by atoms with Crippen molar-refractivity contribution in [3.8, 4) is 17.6 Å². The maximum atomic E-state index is 10.6. The summed E-state index contributed by atoms with van der Waals surface area (Å²) in [6.45, 7) is 2.28. The minimum atomic E-state index is -2.20. The van der Waals surface area contributed by atoms with E-state index in [0.717, 1.165) is 48.9 Å². The zero-order valence-corrected chi connectivity index (χ0v) is 15.5. The molecule has 27 heavy (non-hydrogen) atoms. The van der Waals surface area contributed by atoms with Gasteiger partial charge in [-0.1, -0.05) is 0 Å². The number of pyridine rings is 1. The highest BCUT2D eigenvalue weighted by molar-refractivity contribution is 7.77. The molecule has 1 atom stereocenters. The summed E-state index contributed by atoms with van der Waals surface area (Å²) >= 11 is -2.20. The lowest BCUT2D eigenvalue weighted by Gasteiger charge is -2.34. The molecule has 0 spiro atoms. The molecule has 3 heterocycles. The number of hydrogen-bond donors (Lipinski definition) is 1. The lowest BCUT2D eigenvalue weighted by Crippen LogP contribution is -2.35. The molecule has 1 aromatic carbocycles. The first-order valence-corrected chi connectivity index (χ1v) is 9.93. The van der Waals surface area contributed by atoms with E-state index in [1.807, 2.05) is 12.1 Å². The van der Waals surface area contributed by atoms with Crippen LogP contribution in [-0.4, -0.2) is 40.2 Å². The summed E-state index contributed by atoms with van der Waals surface area (Å²) in [4.78, 5) is 6.63. The number of fused-ring (bicyclic) bond motifs is 2. The molecule has 1 N–H and O–H groups in total. The van der Waals surface area contributed by atoms with Gasteiger partial charge in [-0.05, 0) is 31.2 Å². The van der Waals surface area contributed by atoms with Crippen LogP contribution < -0.4 is 19.1 Å². The van der Waals surface area contributed by atoms with E-state index in [1.165, 1.54) is 0 Å². The van der Waals surface area contributed by atoms with Crippen LogP contribution in [0.4, 0.5) is 5.69 Å². The smallest absolute Gasteiger partial charge is 0.231 e. The predicted molar refractivity (Wildman–Crippen MR) is 99.1 cm³/mol. The monoisotopic (exact) mass is 387 g/mol. The van der Waals surface area contributed by atoms with E-state index in [1.54, 1.807) is 6.20 Å². The molecule has 1 fully saturated rings. The highest BCUT2D eigenvalue weighted by Gasteiger charge is 2.25. The van der Waals surface area contributed by atoms with Gasteiger partial charge in [0.25, 0.3) is 0 Å². The Morgan fingerprint density at radius 1 is 1.33 bits per heavy atom. The van der Waals surface area contributed by atoms with E-state index in [4.69, 9.17) is 9.47 Å². The van der Waals surface area contributed by atoms with Gasteiger partial charge in [-0.15, -0.1) is 0 Å². The Kier molecular flexibility index (Phi) is 5.11. The van der Waals surface area contributed by atoms with Crippen molar-refractivity contribution in [3.05, 3.63) is 23.9 Å². The Morgan fingerprint density at radius 3 is 2.78 bits per heavy atom. The Morgan fingerprint density at radius 2 is 2.07 bits per heavy atom. The zero-order valence-electron chi connectivity index (χ0n) is 14.6. The van der Waals surface area contributed by atoms with Crippen LogP contribution in [0.5, 0.6) is 11.5 Å². The Labute approximate surface area is 159 Å². The predicted octanol–water partition coefficient (Wildman–Crippen LogP) is 1.83. The maximum Gasteiger partial charge on any atom is 0.231 e. The van der Waals surface area contributed by atoms with Crippen molar-refractivity contribution in [1.29, 1.82) is 5.26 Å². The maximum absolute atomic E-state index is 10.6. The summed E-state index contributed by atoms with van der Waals surface area (Å²) in [6, 6.07) is 6.01. The second kappa shape index (κ2) is 7.68. The summed E-state index contributed by atoms with van der Waals surface area (Å²) in [5.41, 5.74) is 2.21. The first kappa shape index (κ1) is 18.0. The third-order valence-corrected chi connectivity index (χ3v) is 5.60. The van der Waals surface area contributed by atoms with Crippen molar-refractivity contribution in [2.45, 2.75) is 19.3 Å². The molecule has 2 aliphatic heterocycles. The van der Waals surface area contributed by atoms with Gasteiger partial charge in [0.2, 0.25) is 6.79 Å². The third kappa shape index (κ3) is 3.69. The van der Waals surface area contributed by atoms with Gasteiger partial charge in [-0.2, -0.15) is 5.26 Å². The fraction of sp³-hybridized carbons (Fsp3) is 0.444. The molecule has 0 radical (unpaired) electrons. The highest BCUT2D eigenvalue weighted by atomic mass is 32.2. The largest absolute Gasteiger partial charge is 0.760 e. The Bertz CT molecular complexity index is 922. The van der Waals surface area contributed by atoms with Gasteiger partial charge in [0.1, 0.15) is 6.07 Å². The molecule has 2 aliphatic rings. The van der Waals surface area contributed by atoms with Gasteiger partial charge in [-0.3, -0.25) is 9.19 Å². The molecular weight excluding hydrogens is 368 g/mol. The first-order chi connectivity index (χ1) is 13.2. The zero-order chi connectivity index (χ0) is 18.8. The van der Waals surface area contributed by atoms with E-state index in [0.29, 0.717) is 29.5 Å². The second-order valence-electron chi connectivity index (χ2n) is 6.70. The van der Waals surface area contributed by atoms with E-state index < -0.39 is 11.3 Å². The molecule has 1 aromatic heterocycles. The third-order valence-electron chi connectivity index (χ3n) is 5.16. The molecule has 1 unspecified atom stereocenters. The molecule has 8 nitrogen and oxygen atoms in total. The summed E-state index contributed by atoms with van der Waals surface area (Å²) in [7, 11) is 0. The standard InChI is InChI=1S/C18H20N4O4S/c19-9-13-10-20-15-8-17-16(25-11-26-17)7-14(15)18(13)22-5-2-12(3-6-22)1-4-21-27(23)24/h7-8,10,12,21H,1-6,11H2,(H,23,24)/p-1. The van der Waals surface area contributed by atoms with Crippen LogP contribution in [0.2, 0.25) is 0 Å².